The molecule has 0 unspecified atom stereocenters. The highest BCUT2D eigenvalue weighted by molar-refractivity contribution is 7.90. The van der Waals surface area contributed by atoms with Gasteiger partial charge < -0.3 is 10.2 Å². The molecule has 2 aromatic rings. The Labute approximate surface area is 201 Å². The first kappa shape index (κ1) is 25.0. The number of rotatable bonds is 6. The molecule has 186 valence electrons. The molecular formula is C22H26ClF3N4O3S. The van der Waals surface area contributed by atoms with E-state index in [2.05, 4.69) is 10.3 Å². The van der Waals surface area contributed by atoms with Crippen LogP contribution in [-0.4, -0.2) is 43.9 Å². The van der Waals surface area contributed by atoms with E-state index in [9.17, 15) is 26.4 Å². The van der Waals surface area contributed by atoms with E-state index >= 15 is 0 Å². The summed E-state index contributed by atoms with van der Waals surface area (Å²) in [6.07, 6.45) is 6.28. The fraction of sp³-hybridized carbons (Fsp3) is 0.545. The first-order valence-corrected chi connectivity index (χ1v) is 13.1. The van der Waals surface area contributed by atoms with Crippen LogP contribution in [0.4, 0.5) is 24.7 Å². The van der Waals surface area contributed by atoms with Gasteiger partial charge in [-0.15, -0.1) is 0 Å². The van der Waals surface area contributed by atoms with Gasteiger partial charge in [-0.05, 0) is 49.4 Å². The first-order chi connectivity index (χ1) is 16.0. The van der Waals surface area contributed by atoms with E-state index in [1.807, 2.05) is 0 Å². The molecule has 4 rings (SSSR count). The average Bonchev–Trinajstić information content (AvgIpc) is 3.23. The molecule has 0 spiro atoms. The standard InChI is InChI=1S/C22H26ClF3N4O3S/c23-17-7-8-18-16(21(17)28-20(31)12-14-4-2-1-3-5-14)6-9-19(27-18)30-11-10-15(13-30)29-34(32,33)22(24,25)26/h6-9,14-15,29H,1-5,10-13H2,(H,28,31)/t15-/m0/s1. The summed E-state index contributed by atoms with van der Waals surface area (Å²) in [6, 6.07) is 5.92. The Bertz CT molecular complexity index is 1170. The zero-order valence-electron chi connectivity index (χ0n) is 18.4. The van der Waals surface area contributed by atoms with Gasteiger partial charge in [0.1, 0.15) is 5.82 Å². The van der Waals surface area contributed by atoms with Crippen molar-refractivity contribution in [1.29, 1.82) is 0 Å². The molecule has 2 heterocycles. The molecule has 2 fully saturated rings. The van der Waals surface area contributed by atoms with Crippen molar-refractivity contribution in [3.8, 4) is 0 Å². The van der Waals surface area contributed by atoms with Gasteiger partial charge in [0.25, 0.3) is 0 Å². The molecule has 2 N–H and O–H groups in total. The number of fused-ring (bicyclic) bond motifs is 1. The van der Waals surface area contributed by atoms with Crippen molar-refractivity contribution in [2.75, 3.05) is 23.3 Å². The average molecular weight is 519 g/mol. The number of anilines is 2. The number of alkyl halides is 3. The Hall–Kier alpha value is -2.11. The number of pyridine rings is 1. The van der Waals surface area contributed by atoms with E-state index in [1.165, 1.54) is 6.42 Å². The van der Waals surface area contributed by atoms with E-state index < -0.39 is 21.6 Å². The fourth-order valence-corrected chi connectivity index (χ4v) is 5.64. The lowest BCUT2D eigenvalue weighted by molar-refractivity contribution is -0.117. The van der Waals surface area contributed by atoms with Crippen LogP contribution in [0.5, 0.6) is 0 Å². The maximum absolute atomic E-state index is 12.7. The molecule has 1 aliphatic heterocycles. The zero-order valence-corrected chi connectivity index (χ0v) is 19.9. The molecule has 7 nitrogen and oxygen atoms in total. The third kappa shape index (κ3) is 5.58. The second-order valence-corrected chi connectivity index (χ2v) is 11.0. The fourth-order valence-electron chi connectivity index (χ4n) is 4.66. The highest BCUT2D eigenvalue weighted by Crippen LogP contribution is 2.34. The molecule has 1 amide bonds. The number of benzene rings is 1. The van der Waals surface area contributed by atoms with Crippen LogP contribution in [0.15, 0.2) is 24.3 Å². The number of amides is 1. The van der Waals surface area contributed by atoms with Crippen molar-refractivity contribution in [1.82, 2.24) is 9.71 Å². The van der Waals surface area contributed by atoms with E-state index in [0.29, 0.717) is 46.3 Å². The summed E-state index contributed by atoms with van der Waals surface area (Å²) >= 11 is 6.36. The van der Waals surface area contributed by atoms with Crippen molar-refractivity contribution in [3.05, 3.63) is 29.3 Å². The van der Waals surface area contributed by atoms with Crippen molar-refractivity contribution >= 4 is 49.9 Å². The van der Waals surface area contributed by atoms with Crippen LogP contribution >= 0.6 is 11.6 Å². The van der Waals surface area contributed by atoms with Crippen LogP contribution < -0.4 is 14.9 Å². The van der Waals surface area contributed by atoms with Crippen LogP contribution in [0, 0.1) is 5.92 Å². The van der Waals surface area contributed by atoms with Gasteiger partial charge in [-0.2, -0.15) is 13.2 Å². The Morgan fingerprint density at radius 3 is 2.56 bits per heavy atom. The molecule has 0 radical (unpaired) electrons. The molecule has 1 aromatic carbocycles. The second-order valence-electron chi connectivity index (χ2n) is 8.91. The minimum atomic E-state index is -5.41. The maximum Gasteiger partial charge on any atom is 0.511 e. The summed E-state index contributed by atoms with van der Waals surface area (Å²) in [5, 5.41) is 3.97. The van der Waals surface area contributed by atoms with E-state index in [0.717, 1.165) is 25.7 Å². The summed E-state index contributed by atoms with van der Waals surface area (Å²) in [4.78, 5) is 18.9. The Morgan fingerprint density at radius 1 is 1.12 bits per heavy atom. The van der Waals surface area contributed by atoms with Gasteiger partial charge >= 0.3 is 15.5 Å². The number of nitrogens with one attached hydrogen (secondary N) is 2. The summed E-state index contributed by atoms with van der Waals surface area (Å²) in [5.41, 5.74) is -4.30. The molecule has 1 saturated heterocycles. The molecule has 0 bridgehead atoms. The van der Waals surface area contributed by atoms with Gasteiger partial charge in [0.2, 0.25) is 5.91 Å². The van der Waals surface area contributed by atoms with Crippen LogP contribution in [0.2, 0.25) is 5.02 Å². The van der Waals surface area contributed by atoms with Gasteiger partial charge in [-0.3, -0.25) is 4.79 Å². The summed E-state index contributed by atoms with van der Waals surface area (Å²) < 4.78 is 62.5. The van der Waals surface area contributed by atoms with Crippen LogP contribution in [-0.2, 0) is 14.8 Å². The minimum Gasteiger partial charge on any atom is -0.355 e. The van der Waals surface area contributed by atoms with Crippen LogP contribution in [0.3, 0.4) is 0 Å². The lowest BCUT2D eigenvalue weighted by Crippen LogP contribution is -2.43. The van der Waals surface area contributed by atoms with Crippen molar-refractivity contribution < 1.29 is 26.4 Å². The Morgan fingerprint density at radius 2 is 1.85 bits per heavy atom. The third-order valence-electron chi connectivity index (χ3n) is 6.41. The lowest BCUT2D eigenvalue weighted by Gasteiger charge is -2.21. The van der Waals surface area contributed by atoms with Crippen molar-refractivity contribution in [3.63, 3.8) is 0 Å². The van der Waals surface area contributed by atoms with Crippen molar-refractivity contribution in [2.24, 2.45) is 5.92 Å². The van der Waals surface area contributed by atoms with Gasteiger partial charge in [0.05, 0.1) is 16.2 Å². The number of halogens is 4. The van der Waals surface area contributed by atoms with E-state index in [4.69, 9.17) is 11.6 Å². The van der Waals surface area contributed by atoms with Gasteiger partial charge in [-0.1, -0.05) is 30.9 Å². The Kier molecular flexibility index (Phi) is 7.25. The monoisotopic (exact) mass is 518 g/mol. The maximum atomic E-state index is 12.7. The lowest BCUT2D eigenvalue weighted by atomic mass is 9.87. The predicted octanol–water partition coefficient (Wildman–Crippen LogP) is 4.82. The quantitative estimate of drug-likeness (QED) is 0.572. The van der Waals surface area contributed by atoms with Crippen LogP contribution in [0.1, 0.15) is 44.9 Å². The second kappa shape index (κ2) is 9.87. The molecule has 34 heavy (non-hydrogen) atoms. The van der Waals surface area contributed by atoms with E-state index in [1.54, 1.807) is 33.9 Å². The van der Waals surface area contributed by atoms with Gasteiger partial charge in [-0.25, -0.2) is 18.1 Å². The number of carbonyl (C=O) groups is 1. The molecule has 1 saturated carbocycles. The summed E-state index contributed by atoms with van der Waals surface area (Å²) in [6.45, 7) is 0.411. The first-order valence-electron chi connectivity index (χ1n) is 11.3. The minimum absolute atomic E-state index is 0.0619. The van der Waals surface area contributed by atoms with Crippen molar-refractivity contribution in [2.45, 2.75) is 56.5 Å². The summed E-state index contributed by atoms with van der Waals surface area (Å²) in [7, 11) is -5.41. The number of aromatic nitrogens is 1. The largest absolute Gasteiger partial charge is 0.511 e. The van der Waals surface area contributed by atoms with Gasteiger partial charge in [0.15, 0.2) is 0 Å². The SMILES string of the molecule is O=C(CC1CCCCC1)Nc1c(Cl)ccc2nc(N3CC[C@H](NS(=O)(=O)C(F)(F)F)C3)ccc12. The van der Waals surface area contributed by atoms with Gasteiger partial charge in [0, 0.05) is 30.9 Å². The molecule has 2 aliphatic rings. The molecule has 12 heteroatoms. The number of nitrogens with zero attached hydrogens (tertiary/aromatic N) is 2. The Balaban J connectivity index is 1.47. The summed E-state index contributed by atoms with van der Waals surface area (Å²) in [5.74, 6) is 0.790. The highest BCUT2D eigenvalue weighted by atomic mass is 35.5. The smallest absolute Gasteiger partial charge is 0.355 e. The molecule has 1 aromatic heterocycles. The third-order valence-corrected chi connectivity index (χ3v) is 7.98. The number of sulfonamides is 1. The van der Waals surface area contributed by atoms with Crippen LogP contribution in [0.25, 0.3) is 10.9 Å². The number of hydrogen-bond donors (Lipinski definition) is 2. The zero-order chi connectivity index (χ0) is 24.5. The van der Waals surface area contributed by atoms with E-state index in [-0.39, 0.29) is 18.9 Å². The molecular weight excluding hydrogens is 493 g/mol. The molecule has 1 aliphatic carbocycles. The number of carbonyl (C=O) groups excluding carboxylic acids is 1. The number of hydrogen-bond acceptors (Lipinski definition) is 5. The topological polar surface area (TPSA) is 91.4 Å². The normalized spacial score (nSPS) is 20.1. The highest BCUT2D eigenvalue weighted by Gasteiger charge is 2.47. The predicted molar refractivity (Wildman–Crippen MR) is 125 cm³/mol. The molecule has 1 atom stereocenters.